The highest BCUT2D eigenvalue weighted by Crippen LogP contribution is 2.37. The van der Waals surface area contributed by atoms with Gasteiger partial charge in [0.05, 0.1) is 6.61 Å². The van der Waals surface area contributed by atoms with Crippen molar-refractivity contribution in [1.29, 1.82) is 0 Å². The van der Waals surface area contributed by atoms with Crippen molar-refractivity contribution in [3.63, 3.8) is 0 Å². The summed E-state index contributed by atoms with van der Waals surface area (Å²) in [6, 6.07) is 7.43. The van der Waals surface area contributed by atoms with Crippen molar-refractivity contribution >= 4 is 11.5 Å². The third-order valence-corrected chi connectivity index (χ3v) is 3.95. The van der Waals surface area contributed by atoms with Gasteiger partial charge >= 0.3 is 12.2 Å². The van der Waals surface area contributed by atoms with Crippen LogP contribution in [0.15, 0.2) is 30.5 Å². The first kappa shape index (κ1) is 20.0. The van der Waals surface area contributed by atoms with Crippen LogP contribution in [0.3, 0.4) is 0 Å². The number of hydrogen-bond acceptors (Lipinski definition) is 4. The van der Waals surface area contributed by atoms with Gasteiger partial charge in [0.2, 0.25) is 0 Å². The number of hydrogen-bond donors (Lipinski definition) is 0. The molecule has 0 aliphatic rings. The molecule has 2 rings (SSSR count). The number of aromatic nitrogens is 2. The van der Waals surface area contributed by atoms with Gasteiger partial charge in [-0.05, 0) is 37.0 Å². The van der Waals surface area contributed by atoms with E-state index in [4.69, 9.17) is 4.74 Å². The van der Waals surface area contributed by atoms with Gasteiger partial charge in [0, 0.05) is 18.9 Å². The highest BCUT2D eigenvalue weighted by molar-refractivity contribution is 5.63. The molecule has 0 aliphatic carbocycles. The standard InChI is InChI=1S/C19H24F3N3O/c1-4-6-7-14-8-10-15(11-9-14)25(3)17-16(19(20,21)22)13-23-18(24-17)26-12-5-2/h8-11,13H,4-7,12H2,1-3H3. The Morgan fingerprint density at radius 1 is 1.08 bits per heavy atom. The smallest absolute Gasteiger partial charge is 0.421 e. The predicted molar refractivity (Wildman–Crippen MR) is 95.9 cm³/mol. The van der Waals surface area contributed by atoms with E-state index < -0.39 is 11.7 Å². The summed E-state index contributed by atoms with van der Waals surface area (Å²) in [4.78, 5) is 9.09. The Kier molecular flexibility index (Phi) is 6.83. The maximum Gasteiger partial charge on any atom is 0.421 e. The number of benzene rings is 1. The minimum absolute atomic E-state index is 0.0544. The van der Waals surface area contributed by atoms with Crippen LogP contribution in [0.25, 0.3) is 0 Å². The van der Waals surface area contributed by atoms with Crippen LogP contribution in [-0.4, -0.2) is 23.6 Å². The van der Waals surface area contributed by atoms with E-state index in [-0.39, 0.29) is 11.8 Å². The van der Waals surface area contributed by atoms with Crippen LogP contribution in [0.2, 0.25) is 0 Å². The molecule has 0 aliphatic heterocycles. The number of unbranched alkanes of at least 4 members (excludes halogenated alkanes) is 1. The van der Waals surface area contributed by atoms with Crippen molar-refractivity contribution in [3.8, 4) is 6.01 Å². The molecule has 0 spiro atoms. The molecule has 7 heteroatoms. The molecule has 0 atom stereocenters. The maximum atomic E-state index is 13.4. The van der Waals surface area contributed by atoms with Gasteiger partial charge in [-0.1, -0.05) is 32.4 Å². The average molecular weight is 367 g/mol. The van der Waals surface area contributed by atoms with Gasteiger partial charge in [0.25, 0.3) is 0 Å². The lowest BCUT2D eigenvalue weighted by Gasteiger charge is -2.22. The molecular formula is C19H24F3N3O. The van der Waals surface area contributed by atoms with E-state index in [9.17, 15) is 13.2 Å². The second-order valence-electron chi connectivity index (χ2n) is 6.07. The number of aryl methyl sites for hydroxylation is 1. The lowest BCUT2D eigenvalue weighted by Crippen LogP contribution is -2.19. The van der Waals surface area contributed by atoms with Crippen molar-refractivity contribution < 1.29 is 17.9 Å². The van der Waals surface area contributed by atoms with Gasteiger partial charge in [-0.25, -0.2) is 4.98 Å². The number of halogens is 3. The largest absolute Gasteiger partial charge is 0.463 e. The van der Waals surface area contributed by atoms with Crippen molar-refractivity contribution in [3.05, 3.63) is 41.6 Å². The lowest BCUT2D eigenvalue weighted by atomic mass is 10.1. The Labute approximate surface area is 152 Å². The monoisotopic (exact) mass is 367 g/mol. The summed E-state index contributed by atoms with van der Waals surface area (Å²) in [5.74, 6) is -0.222. The lowest BCUT2D eigenvalue weighted by molar-refractivity contribution is -0.137. The summed E-state index contributed by atoms with van der Waals surface area (Å²) in [6.07, 6.45) is 0.0779. The highest BCUT2D eigenvalue weighted by atomic mass is 19.4. The molecule has 0 N–H and O–H groups in total. The highest BCUT2D eigenvalue weighted by Gasteiger charge is 2.36. The molecule has 1 heterocycles. The first-order chi connectivity index (χ1) is 12.4. The maximum absolute atomic E-state index is 13.4. The molecule has 0 unspecified atom stereocenters. The van der Waals surface area contributed by atoms with Crippen LogP contribution >= 0.6 is 0 Å². The number of nitrogens with zero attached hydrogens (tertiary/aromatic N) is 3. The second kappa shape index (κ2) is 8.87. The van der Waals surface area contributed by atoms with Crippen LogP contribution in [0, 0.1) is 0 Å². The minimum atomic E-state index is -4.55. The molecule has 26 heavy (non-hydrogen) atoms. The summed E-state index contributed by atoms with van der Waals surface area (Å²) in [5.41, 5.74) is 0.893. The number of alkyl halides is 3. The number of rotatable bonds is 8. The van der Waals surface area contributed by atoms with Gasteiger partial charge in [-0.3, -0.25) is 0 Å². The van der Waals surface area contributed by atoms with Crippen molar-refractivity contribution in [2.75, 3.05) is 18.6 Å². The summed E-state index contributed by atoms with van der Waals surface area (Å²) in [7, 11) is 1.56. The van der Waals surface area contributed by atoms with Crippen LogP contribution in [-0.2, 0) is 12.6 Å². The Balaban J connectivity index is 2.33. The van der Waals surface area contributed by atoms with Crippen LogP contribution in [0.4, 0.5) is 24.7 Å². The van der Waals surface area contributed by atoms with E-state index in [2.05, 4.69) is 16.9 Å². The van der Waals surface area contributed by atoms with Crippen LogP contribution in [0.1, 0.15) is 44.2 Å². The van der Waals surface area contributed by atoms with Gasteiger partial charge in [-0.15, -0.1) is 0 Å². The summed E-state index contributed by atoms with van der Waals surface area (Å²) in [6.45, 7) is 4.37. The summed E-state index contributed by atoms with van der Waals surface area (Å²) in [5, 5.41) is 0. The SMILES string of the molecule is CCCCc1ccc(N(C)c2nc(OCCC)ncc2C(F)(F)F)cc1. The van der Waals surface area contributed by atoms with Crippen LogP contribution < -0.4 is 9.64 Å². The topological polar surface area (TPSA) is 38.2 Å². The van der Waals surface area contributed by atoms with E-state index in [1.54, 1.807) is 19.2 Å². The Hall–Kier alpha value is -2.31. The van der Waals surface area contributed by atoms with Crippen molar-refractivity contribution in [2.45, 2.75) is 45.7 Å². The summed E-state index contributed by atoms with van der Waals surface area (Å²) < 4.78 is 45.4. The Morgan fingerprint density at radius 2 is 1.77 bits per heavy atom. The summed E-state index contributed by atoms with van der Waals surface area (Å²) >= 11 is 0. The fourth-order valence-electron chi connectivity index (χ4n) is 2.47. The molecule has 0 amide bonds. The zero-order chi connectivity index (χ0) is 19.2. The second-order valence-corrected chi connectivity index (χ2v) is 6.07. The van der Waals surface area contributed by atoms with Gasteiger partial charge < -0.3 is 9.64 Å². The molecule has 0 radical (unpaired) electrons. The van der Waals surface area contributed by atoms with E-state index in [1.807, 2.05) is 19.1 Å². The molecule has 1 aromatic carbocycles. The molecule has 0 bridgehead atoms. The molecule has 4 nitrogen and oxygen atoms in total. The molecule has 1 aromatic heterocycles. The Bertz CT molecular complexity index is 702. The molecule has 0 saturated heterocycles. The minimum Gasteiger partial charge on any atom is -0.463 e. The third kappa shape index (κ3) is 5.09. The number of ether oxygens (including phenoxy) is 1. The Morgan fingerprint density at radius 3 is 2.35 bits per heavy atom. The first-order valence-electron chi connectivity index (χ1n) is 8.76. The van der Waals surface area contributed by atoms with Crippen molar-refractivity contribution in [1.82, 2.24) is 9.97 Å². The zero-order valence-corrected chi connectivity index (χ0v) is 15.3. The quantitative estimate of drug-likeness (QED) is 0.627. The van der Waals surface area contributed by atoms with E-state index in [0.717, 1.165) is 37.4 Å². The van der Waals surface area contributed by atoms with E-state index >= 15 is 0 Å². The molecule has 0 fully saturated rings. The van der Waals surface area contributed by atoms with Crippen LogP contribution in [0.5, 0.6) is 6.01 Å². The molecule has 2 aromatic rings. The number of anilines is 2. The van der Waals surface area contributed by atoms with Gasteiger partial charge in [0.1, 0.15) is 5.56 Å². The predicted octanol–water partition coefficient (Wildman–Crippen LogP) is 5.39. The first-order valence-corrected chi connectivity index (χ1v) is 8.76. The fourth-order valence-corrected chi connectivity index (χ4v) is 2.47. The average Bonchev–Trinajstić information content (AvgIpc) is 2.63. The molecule has 142 valence electrons. The van der Waals surface area contributed by atoms with E-state index in [0.29, 0.717) is 12.3 Å². The fraction of sp³-hybridized carbons (Fsp3) is 0.474. The van der Waals surface area contributed by atoms with E-state index in [1.165, 1.54) is 4.90 Å². The zero-order valence-electron chi connectivity index (χ0n) is 15.3. The molecule has 0 saturated carbocycles. The third-order valence-electron chi connectivity index (χ3n) is 3.95. The van der Waals surface area contributed by atoms with Gasteiger partial charge in [0.15, 0.2) is 5.82 Å². The van der Waals surface area contributed by atoms with Gasteiger partial charge in [-0.2, -0.15) is 18.2 Å². The normalized spacial score (nSPS) is 11.5. The van der Waals surface area contributed by atoms with Crippen molar-refractivity contribution in [2.24, 2.45) is 0 Å². The molecular weight excluding hydrogens is 343 g/mol.